The Morgan fingerprint density at radius 2 is 1.55 bits per heavy atom. The molecule has 0 aliphatic heterocycles. The van der Waals surface area contributed by atoms with Gasteiger partial charge in [-0.3, -0.25) is 9.59 Å². The molecule has 2 N–H and O–H groups in total. The molecule has 0 spiro atoms. The molecule has 0 aliphatic rings. The Morgan fingerprint density at radius 3 is 2.31 bits per heavy atom. The van der Waals surface area contributed by atoms with E-state index in [2.05, 4.69) is 10.6 Å². The highest BCUT2D eigenvalue weighted by Gasteiger charge is 2.17. The Hall–Kier alpha value is -3.87. The number of rotatable bonds is 6. The van der Waals surface area contributed by atoms with Gasteiger partial charge >= 0.3 is 0 Å². The van der Waals surface area contributed by atoms with Crippen LogP contribution in [0.3, 0.4) is 0 Å². The summed E-state index contributed by atoms with van der Waals surface area (Å²) in [6.45, 7) is 0. The molecule has 0 aliphatic carbocycles. The molecule has 0 bridgehead atoms. The Morgan fingerprint density at radius 1 is 0.793 bits per heavy atom. The first-order valence-corrected chi connectivity index (χ1v) is 8.71. The van der Waals surface area contributed by atoms with Crippen LogP contribution in [0.2, 0.25) is 0 Å². The summed E-state index contributed by atoms with van der Waals surface area (Å²) >= 11 is 0. The van der Waals surface area contributed by atoms with Crippen LogP contribution in [0.1, 0.15) is 20.7 Å². The van der Waals surface area contributed by atoms with Crippen LogP contribution in [0.4, 0.5) is 15.8 Å². The third kappa shape index (κ3) is 4.70. The van der Waals surface area contributed by atoms with Gasteiger partial charge in [-0.05, 0) is 42.5 Å². The summed E-state index contributed by atoms with van der Waals surface area (Å²) < 4.78 is 23.9. The average molecular weight is 394 g/mol. The van der Waals surface area contributed by atoms with Crippen LogP contribution >= 0.6 is 0 Å². The fourth-order valence-corrected chi connectivity index (χ4v) is 2.74. The number of carbonyl (C=O) groups is 2. The second kappa shape index (κ2) is 8.88. The molecule has 0 fully saturated rings. The van der Waals surface area contributed by atoms with Crippen molar-refractivity contribution in [3.05, 3.63) is 83.7 Å². The monoisotopic (exact) mass is 394 g/mol. The first kappa shape index (κ1) is 19.9. The SMILES string of the molecule is COc1cccc(NC(=O)c2ccccc2NC(=O)c2cc(F)ccc2OC)c1. The number of benzene rings is 3. The van der Waals surface area contributed by atoms with Gasteiger partial charge in [0, 0.05) is 11.8 Å². The van der Waals surface area contributed by atoms with E-state index in [9.17, 15) is 14.0 Å². The molecule has 3 aromatic rings. The highest BCUT2D eigenvalue weighted by molar-refractivity contribution is 6.13. The Kier molecular flexibility index (Phi) is 6.09. The lowest BCUT2D eigenvalue weighted by Gasteiger charge is -2.13. The van der Waals surface area contributed by atoms with Crippen LogP contribution in [0.25, 0.3) is 0 Å². The fraction of sp³-hybridized carbons (Fsp3) is 0.0909. The molecule has 3 rings (SSSR count). The van der Waals surface area contributed by atoms with Gasteiger partial charge in [-0.25, -0.2) is 4.39 Å². The van der Waals surface area contributed by atoms with Crippen LogP contribution in [-0.2, 0) is 0 Å². The van der Waals surface area contributed by atoms with E-state index in [1.807, 2.05) is 0 Å². The van der Waals surface area contributed by atoms with Gasteiger partial charge in [0.1, 0.15) is 17.3 Å². The predicted molar refractivity (Wildman–Crippen MR) is 108 cm³/mol. The van der Waals surface area contributed by atoms with Crippen LogP contribution in [0, 0.1) is 5.82 Å². The minimum absolute atomic E-state index is 0.0236. The average Bonchev–Trinajstić information content (AvgIpc) is 2.74. The maximum Gasteiger partial charge on any atom is 0.259 e. The lowest BCUT2D eigenvalue weighted by Crippen LogP contribution is -2.19. The number of anilines is 2. The standard InChI is InChI=1S/C22H19FN2O4/c1-28-16-7-5-6-15(13-16)24-21(26)17-8-3-4-9-19(17)25-22(27)18-12-14(23)10-11-20(18)29-2/h3-13H,1-2H3,(H,24,26)(H,25,27). The molecule has 0 aromatic heterocycles. The van der Waals surface area contributed by atoms with Crippen molar-refractivity contribution in [2.75, 3.05) is 24.9 Å². The zero-order chi connectivity index (χ0) is 20.8. The number of nitrogens with one attached hydrogen (secondary N) is 2. The third-order valence-corrected chi connectivity index (χ3v) is 4.15. The molecule has 148 valence electrons. The highest BCUT2D eigenvalue weighted by atomic mass is 19.1. The highest BCUT2D eigenvalue weighted by Crippen LogP contribution is 2.24. The Balaban J connectivity index is 1.84. The fourth-order valence-electron chi connectivity index (χ4n) is 2.74. The van der Waals surface area contributed by atoms with Gasteiger partial charge in [-0.2, -0.15) is 0 Å². The van der Waals surface area contributed by atoms with E-state index in [1.54, 1.807) is 48.5 Å². The Labute approximate surface area is 167 Å². The minimum atomic E-state index is -0.594. The molecule has 0 unspecified atom stereocenters. The molecule has 6 nitrogen and oxygen atoms in total. The van der Waals surface area contributed by atoms with E-state index < -0.39 is 17.6 Å². The third-order valence-electron chi connectivity index (χ3n) is 4.15. The van der Waals surface area contributed by atoms with Gasteiger partial charge in [0.25, 0.3) is 11.8 Å². The summed E-state index contributed by atoms with van der Waals surface area (Å²) in [5.41, 5.74) is 1.10. The van der Waals surface area contributed by atoms with Crippen molar-refractivity contribution >= 4 is 23.2 Å². The van der Waals surface area contributed by atoms with Crippen molar-refractivity contribution < 1.29 is 23.5 Å². The van der Waals surface area contributed by atoms with Gasteiger partial charge in [-0.1, -0.05) is 18.2 Å². The van der Waals surface area contributed by atoms with E-state index in [0.29, 0.717) is 11.4 Å². The predicted octanol–water partition coefficient (Wildman–Crippen LogP) is 4.35. The molecule has 0 heterocycles. The second-order valence-electron chi connectivity index (χ2n) is 6.03. The van der Waals surface area contributed by atoms with Gasteiger partial charge in [0.05, 0.1) is 31.0 Å². The first-order valence-electron chi connectivity index (χ1n) is 8.71. The van der Waals surface area contributed by atoms with Gasteiger partial charge in [0.15, 0.2) is 0 Å². The van der Waals surface area contributed by atoms with Crippen molar-refractivity contribution in [3.63, 3.8) is 0 Å². The Bertz CT molecular complexity index is 1050. The van der Waals surface area contributed by atoms with E-state index >= 15 is 0 Å². The molecule has 0 radical (unpaired) electrons. The van der Waals surface area contributed by atoms with Gasteiger partial charge < -0.3 is 20.1 Å². The van der Waals surface area contributed by atoms with Crippen molar-refractivity contribution in [3.8, 4) is 11.5 Å². The number of carbonyl (C=O) groups excluding carboxylic acids is 2. The van der Waals surface area contributed by atoms with Crippen molar-refractivity contribution in [1.82, 2.24) is 0 Å². The van der Waals surface area contributed by atoms with E-state index in [4.69, 9.17) is 9.47 Å². The van der Waals surface area contributed by atoms with Crippen molar-refractivity contribution in [1.29, 1.82) is 0 Å². The van der Waals surface area contributed by atoms with E-state index in [1.165, 1.54) is 26.4 Å². The van der Waals surface area contributed by atoms with Crippen LogP contribution < -0.4 is 20.1 Å². The molecule has 7 heteroatoms. The van der Waals surface area contributed by atoms with Crippen LogP contribution in [0.15, 0.2) is 66.7 Å². The number of amides is 2. The summed E-state index contributed by atoms with van der Waals surface area (Å²) in [6, 6.07) is 17.1. The zero-order valence-electron chi connectivity index (χ0n) is 15.9. The molecule has 0 saturated heterocycles. The largest absolute Gasteiger partial charge is 0.497 e. The molecule has 0 atom stereocenters. The summed E-state index contributed by atoms with van der Waals surface area (Å²) in [5, 5.41) is 5.41. The molecular weight excluding hydrogens is 375 g/mol. The van der Waals surface area contributed by atoms with Crippen LogP contribution in [-0.4, -0.2) is 26.0 Å². The summed E-state index contributed by atoms with van der Waals surface area (Å²) in [5.74, 6) is -0.756. The zero-order valence-corrected chi connectivity index (χ0v) is 15.9. The summed E-state index contributed by atoms with van der Waals surface area (Å²) in [7, 11) is 2.92. The number of para-hydroxylation sites is 1. The normalized spacial score (nSPS) is 10.2. The first-order chi connectivity index (χ1) is 14.0. The lowest BCUT2D eigenvalue weighted by atomic mass is 10.1. The van der Waals surface area contributed by atoms with Crippen molar-refractivity contribution in [2.45, 2.75) is 0 Å². The van der Waals surface area contributed by atoms with Gasteiger partial charge in [-0.15, -0.1) is 0 Å². The van der Waals surface area contributed by atoms with Crippen molar-refractivity contribution in [2.24, 2.45) is 0 Å². The smallest absolute Gasteiger partial charge is 0.259 e. The topological polar surface area (TPSA) is 76.7 Å². The minimum Gasteiger partial charge on any atom is -0.497 e. The van der Waals surface area contributed by atoms with Gasteiger partial charge in [0.2, 0.25) is 0 Å². The summed E-state index contributed by atoms with van der Waals surface area (Å²) in [6.07, 6.45) is 0. The summed E-state index contributed by atoms with van der Waals surface area (Å²) in [4.78, 5) is 25.4. The lowest BCUT2D eigenvalue weighted by molar-refractivity contribution is 0.102. The number of ether oxygens (including phenoxy) is 2. The van der Waals surface area contributed by atoms with Crippen LogP contribution in [0.5, 0.6) is 11.5 Å². The maximum absolute atomic E-state index is 13.6. The second-order valence-corrected chi connectivity index (χ2v) is 6.03. The van der Waals surface area contributed by atoms with E-state index in [-0.39, 0.29) is 22.6 Å². The molecule has 0 saturated carbocycles. The number of halogens is 1. The molecule has 3 aromatic carbocycles. The number of methoxy groups -OCH3 is 2. The molecular formula is C22H19FN2O4. The number of hydrogen-bond acceptors (Lipinski definition) is 4. The quantitative estimate of drug-likeness (QED) is 0.652. The maximum atomic E-state index is 13.6. The molecule has 2 amide bonds. The number of hydrogen-bond donors (Lipinski definition) is 2. The molecule has 29 heavy (non-hydrogen) atoms. The van der Waals surface area contributed by atoms with E-state index in [0.717, 1.165) is 6.07 Å².